The van der Waals surface area contributed by atoms with Crippen molar-refractivity contribution in [1.82, 2.24) is 0 Å². The highest BCUT2D eigenvalue weighted by atomic mass is 79.9. The van der Waals surface area contributed by atoms with Gasteiger partial charge >= 0.3 is 5.97 Å². The lowest BCUT2D eigenvalue weighted by molar-refractivity contribution is 0.0697. The maximum absolute atomic E-state index is 10.8. The fraction of sp³-hybridized carbons (Fsp3) is 0.500. The maximum Gasteiger partial charge on any atom is 0.335 e. The van der Waals surface area contributed by atoms with Crippen molar-refractivity contribution >= 4 is 27.6 Å². The van der Waals surface area contributed by atoms with Gasteiger partial charge in [-0.15, -0.1) is 0 Å². The van der Waals surface area contributed by atoms with Crippen LogP contribution in [0.25, 0.3) is 0 Å². The number of hydrogen-bond donors (Lipinski definition) is 2. The first-order valence-corrected chi connectivity index (χ1v) is 7.29. The fourth-order valence-corrected chi connectivity index (χ4v) is 2.06. The molecule has 0 radical (unpaired) electrons. The van der Waals surface area contributed by atoms with Crippen molar-refractivity contribution in [2.75, 3.05) is 25.1 Å². The molecule has 0 spiro atoms. The van der Waals surface area contributed by atoms with E-state index in [0.717, 1.165) is 49.2 Å². The molecule has 106 valence electrons. The summed E-state index contributed by atoms with van der Waals surface area (Å²) in [5.74, 6) is -0.920. The van der Waals surface area contributed by atoms with Crippen LogP contribution < -0.4 is 5.32 Å². The first kappa shape index (κ1) is 16.0. The second kappa shape index (κ2) is 8.93. The average Bonchev–Trinajstić information content (AvgIpc) is 2.39. The highest BCUT2D eigenvalue weighted by Gasteiger charge is 2.06. The predicted molar refractivity (Wildman–Crippen MR) is 79.9 cm³/mol. The first-order valence-electron chi connectivity index (χ1n) is 6.49. The quantitative estimate of drug-likeness (QED) is 0.677. The number of unbranched alkanes of at least 4 members (excludes halogenated alkanes) is 1. The van der Waals surface area contributed by atoms with Crippen LogP contribution in [0.4, 0.5) is 5.69 Å². The maximum atomic E-state index is 10.8. The van der Waals surface area contributed by atoms with Crippen LogP contribution in [-0.2, 0) is 4.74 Å². The normalized spacial score (nSPS) is 10.4. The van der Waals surface area contributed by atoms with Gasteiger partial charge in [-0.25, -0.2) is 4.79 Å². The van der Waals surface area contributed by atoms with Crippen LogP contribution in [-0.4, -0.2) is 30.8 Å². The molecule has 4 nitrogen and oxygen atoms in total. The molecule has 5 heteroatoms. The zero-order chi connectivity index (χ0) is 14.1. The summed E-state index contributed by atoms with van der Waals surface area (Å²) >= 11 is 3.36. The molecular weight excluding hydrogens is 310 g/mol. The molecule has 0 fully saturated rings. The SMILES string of the molecule is CCCCOCCCNc1ccc(C(=O)O)cc1Br. The van der Waals surface area contributed by atoms with Crippen LogP contribution in [0, 0.1) is 0 Å². The predicted octanol–water partition coefficient (Wildman–Crippen LogP) is 3.77. The summed E-state index contributed by atoms with van der Waals surface area (Å²) in [5, 5.41) is 12.1. The summed E-state index contributed by atoms with van der Waals surface area (Å²) in [4.78, 5) is 10.8. The molecule has 19 heavy (non-hydrogen) atoms. The molecule has 0 heterocycles. The topological polar surface area (TPSA) is 58.6 Å². The van der Waals surface area contributed by atoms with Gasteiger partial charge in [0, 0.05) is 29.9 Å². The van der Waals surface area contributed by atoms with E-state index in [0.29, 0.717) is 0 Å². The van der Waals surface area contributed by atoms with E-state index in [2.05, 4.69) is 28.2 Å². The zero-order valence-electron chi connectivity index (χ0n) is 11.1. The third-order valence-electron chi connectivity index (χ3n) is 2.64. The largest absolute Gasteiger partial charge is 0.478 e. The first-order chi connectivity index (χ1) is 9.15. The summed E-state index contributed by atoms with van der Waals surface area (Å²) in [6.45, 7) is 4.52. The molecule has 2 N–H and O–H groups in total. The lowest BCUT2D eigenvalue weighted by Gasteiger charge is -2.09. The smallest absolute Gasteiger partial charge is 0.335 e. The van der Waals surface area contributed by atoms with E-state index >= 15 is 0 Å². The summed E-state index contributed by atoms with van der Waals surface area (Å²) in [5.41, 5.74) is 1.18. The number of anilines is 1. The zero-order valence-corrected chi connectivity index (χ0v) is 12.7. The molecule has 0 amide bonds. The molecule has 1 rings (SSSR count). The Morgan fingerprint density at radius 3 is 2.74 bits per heavy atom. The van der Waals surface area contributed by atoms with Crippen LogP contribution in [0.15, 0.2) is 22.7 Å². The fourth-order valence-electron chi connectivity index (χ4n) is 1.54. The molecule has 0 saturated heterocycles. The lowest BCUT2D eigenvalue weighted by atomic mass is 10.2. The van der Waals surface area contributed by atoms with E-state index < -0.39 is 5.97 Å². The van der Waals surface area contributed by atoms with Gasteiger partial charge in [-0.2, -0.15) is 0 Å². The number of halogens is 1. The molecule has 0 aliphatic heterocycles. The molecule has 1 aromatic rings. The van der Waals surface area contributed by atoms with Crippen LogP contribution in [0.5, 0.6) is 0 Å². The molecule has 0 saturated carbocycles. The number of hydrogen-bond acceptors (Lipinski definition) is 3. The Hall–Kier alpha value is -1.07. The Kier molecular flexibility index (Phi) is 7.52. The van der Waals surface area contributed by atoms with Crippen LogP contribution >= 0.6 is 15.9 Å². The third kappa shape index (κ3) is 6.07. The van der Waals surface area contributed by atoms with Crippen LogP contribution in [0.3, 0.4) is 0 Å². The second-order valence-electron chi connectivity index (χ2n) is 4.25. The van der Waals surface area contributed by atoms with E-state index in [1.807, 2.05) is 0 Å². The molecule has 0 aromatic heterocycles. The Morgan fingerprint density at radius 2 is 2.11 bits per heavy atom. The van der Waals surface area contributed by atoms with Gasteiger partial charge in [0.05, 0.1) is 5.56 Å². The van der Waals surface area contributed by atoms with Crippen molar-refractivity contribution < 1.29 is 14.6 Å². The van der Waals surface area contributed by atoms with Crippen molar-refractivity contribution in [2.45, 2.75) is 26.2 Å². The Labute approximate surface area is 122 Å². The van der Waals surface area contributed by atoms with Crippen molar-refractivity contribution in [1.29, 1.82) is 0 Å². The molecule has 0 atom stereocenters. The highest BCUT2D eigenvalue weighted by molar-refractivity contribution is 9.10. The number of rotatable bonds is 9. The number of aromatic carboxylic acids is 1. The second-order valence-corrected chi connectivity index (χ2v) is 5.10. The van der Waals surface area contributed by atoms with E-state index in [1.54, 1.807) is 18.2 Å². The summed E-state index contributed by atoms with van der Waals surface area (Å²) in [7, 11) is 0. The number of carboxylic acids is 1. The Balaban J connectivity index is 2.28. The number of ether oxygens (including phenoxy) is 1. The molecule has 1 aromatic carbocycles. The molecular formula is C14H20BrNO3. The number of carbonyl (C=O) groups is 1. The standard InChI is InChI=1S/C14H20BrNO3/c1-2-3-8-19-9-4-7-16-13-6-5-11(14(17)18)10-12(13)15/h5-6,10,16H,2-4,7-9H2,1H3,(H,17,18). The minimum absolute atomic E-state index is 0.278. The van der Waals surface area contributed by atoms with Gasteiger partial charge < -0.3 is 15.2 Å². The minimum atomic E-state index is -0.920. The average molecular weight is 330 g/mol. The van der Waals surface area contributed by atoms with Gasteiger partial charge in [0.15, 0.2) is 0 Å². The van der Waals surface area contributed by atoms with Gasteiger partial charge in [0.25, 0.3) is 0 Å². The van der Waals surface area contributed by atoms with Crippen molar-refractivity contribution in [3.8, 4) is 0 Å². The molecule has 0 aliphatic carbocycles. The van der Waals surface area contributed by atoms with Crippen LogP contribution in [0.1, 0.15) is 36.5 Å². The van der Waals surface area contributed by atoms with Crippen molar-refractivity contribution in [3.05, 3.63) is 28.2 Å². The van der Waals surface area contributed by atoms with Gasteiger partial charge in [0.1, 0.15) is 0 Å². The van der Waals surface area contributed by atoms with Gasteiger partial charge in [-0.3, -0.25) is 0 Å². The van der Waals surface area contributed by atoms with E-state index in [1.165, 1.54) is 0 Å². The van der Waals surface area contributed by atoms with Crippen molar-refractivity contribution in [2.24, 2.45) is 0 Å². The third-order valence-corrected chi connectivity index (χ3v) is 3.30. The van der Waals surface area contributed by atoms with E-state index in [-0.39, 0.29) is 5.56 Å². The van der Waals surface area contributed by atoms with E-state index in [4.69, 9.17) is 9.84 Å². The molecule has 0 aliphatic rings. The minimum Gasteiger partial charge on any atom is -0.478 e. The van der Waals surface area contributed by atoms with Crippen LogP contribution in [0.2, 0.25) is 0 Å². The van der Waals surface area contributed by atoms with Crippen molar-refractivity contribution in [3.63, 3.8) is 0 Å². The summed E-state index contributed by atoms with van der Waals surface area (Å²) in [6, 6.07) is 4.96. The summed E-state index contributed by atoms with van der Waals surface area (Å²) in [6.07, 6.45) is 3.19. The number of benzene rings is 1. The molecule has 0 bridgehead atoms. The Bertz CT molecular complexity index is 410. The van der Waals surface area contributed by atoms with Gasteiger partial charge in [-0.1, -0.05) is 13.3 Å². The van der Waals surface area contributed by atoms with E-state index in [9.17, 15) is 4.79 Å². The summed E-state index contributed by atoms with van der Waals surface area (Å²) < 4.78 is 6.23. The highest BCUT2D eigenvalue weighted by Crippen LogP contribution is 2.23. The Morgan fingerprint density at radius 1 is 1.37 bits per heavy atom. The monoisotopic (exact) mass is 329 g/mol. The van der Waals surface area contributed by atoms with Gasteiger partial charge in [0.2, 0.25) is 0 Å². The lowest BCUT2D eigenvalue weighted by Crippen LogP contribution is -2.07. The number of carboxylic acid groups (broad SMARTS) is 1. The van der Waals surface area contributed by atoms with Gasteiger partial charge in [-0.05, 0) is 47.0 Å². The molecule has 0 unspecified atom stereocenters. The number of nitrogens with one attached hydrogen (secondary N) is 1.